The van der Waals surface area contributed by atoms with E-state index >= 15 is 0 Å². The Morgan fingerprint density at radius 1 is 0.962 bits per heavy atom. The average Bonchev–Trinajstić information content (AvgIpc) is 3.33. The highest BCUT2D eigenvalue weighted by atomic mass is 32.1. The number of hydrogen-bond acceptors (Lipinski definition) is 5. The smallest absolute Gasteiger partial charge is 0.163 e. The van der Waals surface area contributed by atoms with Gasteiger partial charge in [0.1, 0.15) is 0 Å². The van der Waals surface area contributed by atoms with Gasteiger partial charge in [-0.3, -0.25) is 4.79 Å². The van der Waals surface area contributed by atoms with Gasteiger partial charge in [0.2, 0.25) is 0 Å². The van der Waals surface area contributed by atoms with Crippen LogP contribution in [0.3, 0.4) is 0 Å². The van der Waals surface area contributed by atoms with E-state index in [0.717, 1.165) is 34.6 Å². The second kappa shape index (κ2) is 6.41. The summed E-state index contributed by atoms with van der Waals surface area (Å²) in [4.78, 5) is 14.5. The largest absolute Gasteiger partial charge is 0.372 e. The van der Waals surface area contributed by atoms with Gasteiger partial charge in [-0.25, -0.2) is 0 Å². The second-order valence-corrected chi connectivity index (χ2v) is 8.50. The number of hydrogen-bond donors (Lipinski definition) is 2. The van der Waals surface area contributed by atoms with E-state index in [4.69, 9.17) is 0 Å². The van der Waals surface area contributed by atoms with Gasteiger partial charge < -0.3 is 10.6 Å². The number of Topliss-reactive ketones (excluding diaryl/α,β-unsaturated/α-hetero) is 1. The molecular weight excluding hydrogens is 360 g/mol. The molecular formula is C21H18N2OS2. The minimum Gasteiger partial charge on any atom is -0.372 e. The van der Waals surface area contributed by atoms with Crippen LogP contribution in [0.4, 0.5) is 11.4 Å². The van der Waals surface area contributed by atoms with Gasteiger partial charge in [-0.1, -0.05) is 18.2 Å². The van der Waals surface area contributed by atoms with Crippen molar-refractivity contribution in [3.8, 4) is 0 Å². The minimum atomic E-state index is -0.0933. The third-order valence-corrected chi connectivity index (χ3v) is 6.87. The van der Waals surface area contributed by atoms with Crippen molar-refractivity contribution >= 4 is 39.8 Å². The van der Waals surface area contributed by atoms with E-state index in [1.807, 2.05) is 12.1 Å². The summed E-state index contributed by atoms with van der Waals surface area (Å²) in [6.45, 7) is 0. The van der Waals surface area contributed by atoms with Crippen LogP contribution in [-0.2, 0) is 4.79 Å². The summed E-state index contributed by atoms with van der Waals surface area (Å²) in [5.41, 5.74) is 5.19. The first-order valence-electron chi connectivity index (χ1n) is 8.74. The molecule has 0 saturated carbocycles. The molecule has 0 unspecified atom stereocenters. The average molecular weight is 379 g/mol. The third kappa shape index (κ3) is 2.68. The molecule has 0 fully saturated rings. The molecule has 0 radical (unpaired) electrons. The summed E-state index contributed by atoms with van der Waals surface area (Å²) < 4.78 is 0. The summed E-state index contributed by atoms with van der Waals surface area (Å²) >= 11 is 3.41. The zero-order valence-corrected chi connectivity index (χ0v) is 15.7. The molecule has 1 aliphatic heterocycles. The topological polar surface area (TPSA) is 41.1 Å². The summed E-state index contributed by atoms with van der Waals surface area (Å²) in [5.74, 6) is 0.510. The van der Waals surface area contributed by atoms with Gasteiger partial charge >= 0.3 is 0 Å². The van der Waals surface area contributed by atoms with Gasteiger partial charge in [-0.2, -0.15) is 11.3 Å². The summed E-state index contributed by atoms with van der Waals surface area (Å²) in [7, 11) is 0. The third-order valence-electron chi connectivity index (χ3n) is 5.13. The van der Waals surface area contributed by atoms with Crippen molar-refractivity contribution in [2.45, 2.75) is 24.8 Å². The van der Waals surface area contributed by atoms with Crippen LogP contribution in [0.15, 0.2) is 69.9 Å². The van der Waals surface area contributed by atoms with E-state index in [1.165, 1.54) is 4.88 Å². The number of nitrogens with one attached hydrogen (secondary N) is 2. The molecule has 3 heterocycles. The van der Waals surface area contributed by atoms with E-state index in [9.17, 15) is 4.79 Å². The molecule has 2 N–H and O–H groups in total. The molecule has 5 rings (SSSR count). The number of thiophene rings is 2. The van der Waals surface area contributed by atoms with Crippen molar-refractivity contribution in [3.63, 3.8) is 0 Å². The Morgan fingerprint density at radius 3 is 2.62 bits per heavy atom. The SMILES string of the molecule is O=C1C[C@@H](c2cccs2)CC2=C1[C@@H](c1ccsc1)Nc1ccccc1N2. The van der Waals surface area contributed by atoms with Crippen molar-refractivity contribution in [2.24, 2.45) is 0 Å². The van der Waals surface area contributed by atoms with Crippen LogP contribution in [-0.4, -0.2) is 5.78 Å². The molecule has 26 heavy (non-hydrogen) atoms. The zero-order chi connectivity index (χ0) is 17.5. The minimum absolute atomic E-state index is 0.0933. The number of rotatable bonds is 2. The van der Waals surface area contributed by atoms with Gasteiger partial charge in [0.25, 0.3) is 0 Å². The quantitative estimate of drug-likeness (QED) is 0.593. The van der Waals surface area contributed by atoms with E-state index in [2.05, 4.69) is 57.1 Å². The zero-order valence-electron chi connectivity index (χ0n) is 14.1. The maximum atomic E-state index is 13.2. The summed E-state index contributed by atoms with van der Waals surface area (Å²) in [6.07, 6.45) is 1.46. The molecule has 0 amide bonds. The van der Waals surface area contributed by atoms with Crippen molar-refractivity contribution in [1.29, 1.82) is 0 Å². The molecule has 2 aliphatic rings. The number of carbonyl (C=O) groups is 1. The monoisotopic (exact) mass is 378 g/mol. The van der Waals surface area contributed by atoms with Crippen LogP contribution in [0.25, 0.3) is 0 Å². The Labute approximate surface area is 160 Å². The lowest BCUT2D eigenvalue weighted by atomic mass is 9.81. The van der Waals surface area contributed by atoms with Crippen molar-refractivity contribution in [2.75, 3.05) is 10.6 Å². The fourth-order valence-electron chi connectivity index (χ4n) is 3.91. The molecule has 1 aromatic carbocycles. The highest BCUT2D eigenvalue weighted by Gasteiger charge is 2.36. The van der Waals surface area contributed by atoms with Crippen molar-refractivity contribution < 1.29 is 4.79 Å². The fraction of sp³-hybridized carbons (Fsp3) is 0.190. The van der Waals surface area contributed by atoms with Crippen LogP contribution in [0.2, 0.25) is 0 Å². The molecule has 3 nitrogen and oxygen atoms in total. The van der Waals surface area contributed by atoms with Gasteiger partial charge in [0.15, 0.2) is 5.78 Å². The lowest BCUT2D eigenvalue weighted by Crippen LogP contribution is -2.26. The highest BCUT2D eigenvalue weighted by molar-refractivity contribution is 7.10. The highest BCUT2D eigenvalue weighted by Crippen LogP contribution is 2.45. The predicted octanol–water partition coefficient (Wildman–Crippen LogP) is 5.79. The molecule has 0 bridgehead atoms. The fourth-order valence-corrected chi connectivity index (χ4v) is 5.42. The standard InChI is InChI=1S/C21H18N2OS2/c24-18-11-14(19-6-3-8-26-19)10-17-20(18)21(13-7-9-25-12-13)23-16-5-2-1-4-15(16)22-17/h1-9,12,14,21-23H,10-11H2/t14-,21+/m0/s1. The van der Waals surface area contributed by atoms with Gasteiger partial charge in [0.05, 0.1) is 17.4 Å². The number of carbonyl (C=O) groups excluding carboxylic acids is 1. The maximum Gasteiger partial charge on any atom is 0.163 e. The molecule has 1 aliphatic carbocycles. The van der Waals surface area contributed by atoms with Gasteiger partial charge in [0, 0.05) is 28.5 Å². The Hall–Kier alpha value is -2.37. The Bertz CT molecular complexity index is 973. The summed E-state index contributed by atoms with van der Waals surface area (Å²) in [5, 5.41) is 13.5. The van der Waals surface area contributed by atoms with Crippen LogP contribution < -0.4 is 10.6 Å². The van der Waals surface area contributed by atoms with Crippen LogP contribution in [0, 0.1) is 0 Å². The van der Waals surface area contributed by atoms with Crippen LogP contribution >= 0.6 is 22.7 Å². The lowest BCUT2D eigenvalue weighted by Gasteiger charge is -2.28. The van der Waals surface area contributed by atoms with Gasteiger partial charge in [-0.15, -0.1) is 11.3 Å². The van der Waals surface area contributed by atoms with E-state index < -0.39 is 0 Å². The summed E-state index contributed by atoms with van der Waals surface area (Å²) in [6, 6.07) is 14.4. The normalized spacial score (nSPS) is 22.1. The number of anilines is 2. The first kappa shape index (κ1) is 15.9. The number of allylic oxidation sites excluding steroid dienone is 1. The number of fused-ring (bicyclic) bond motifs is 1. The van der Waals surface area contributed by atoms with Crippen molar-refractivity contribution in [3.05, 3.63) is 80.3 Å². The van der Waals surface area contributed by atoms with E-state index in [0.29, 0.717) is 6.42 Å². The molecule has 2 atom stereocenters. The predicted molar refractivity (Wildman–Crippen MR) is 109 cm³/mol. The Morgan fingerprint density at radius 2 is 1.85 bits per heavy atom. The molecule has 130 valence electrons. The van der Waals surface area contributed by atoms with E-state index in [1.54, 1.807) is 22.7 Å². The molecule has 0 saturated heterocycles. The second-order valence-electron chi connectivity index (χ2n) is 6.74. The Balaban J connectivity index is 1.62. The first-order chi connectivity index (χ1) is 12.8. The number of ketones is 1. The number of para-hydroxylation sites is 2. The maximum absolute atomic E-state index is 13.2. The first-order valence-corrected chi connectivity index (χ1v) is 10.6. The van der Waals surface area contributed by atoms with E-state index in [-0.39, 0.29) is 17.7 Å². The molecule has 0 spiro atoms. The molecule has 2 aromatic heterocycles. The lowest BCUT2D eigenvalue weighted by molar-refractivity contribution is -0.116. The molecule has 3 aromatic rings. The van der Waals surface area contributed by atoms with Gasteiger partial charge in [-0.05, 0) is 52.4 Å². The molecule has 5 heteroatoms. The van der Waals surface area contributed by atoms with Crippen LogP contribution in [0.5, 0.6) is 0 Å². The Kier molecular flexibility index (Phi) is 3.91. The van der Waals surface area contributed by atoms with Crippen LogP contribution in [0.1, 0.15) is 35.2 Å². The van der Waals surface area contributed by atoms with Crippen molar-refractivity contribution in [1.82, 2.24) is 0 Å². The number of benzene rings is 1.